The minimum Gasteiger partial charge on any atom is -0.393 e. The van der Waals surface area contributed by atoms with Crippen molar-refractivity contribution in [3.63, 3.8) is 0 Å². The molecule has 1 nitrogen and oxygen atoms in total. The zero-order valence-corrected chi connectivity index (χ0v) is 11.3. The maximum atomic E-state index is 9.52. The van der Waals surface area contributed by atoms with Gasteiger partial charge in [-0.2, -0.15) is 0 Å². The largest absolute Gasteiger partial charge is 0.393 e. The molecular weight excluding hydrogens is 208 g/mol. The molecule has 1 N–H and O–H groups in total. The van der Waals surface area contributed by atoms with E-state index in [1.165, 1.54) is 24.8 Å². The average molecular weight is 232 g/mol. The van der Waals surface area contributed by atoms with Crippen LogP contribution < -0.4 is 0 Å². The van der Waals surface area contributed by atoms with Crippen LogP contribution in [0.15, 0.2) is 18.2 Å². The van der Waals surface area contributed by atoms with E-state index in [2.05, 4.69) is 32.0 Å². The van der Waals surface area contributed by atoms with Gasteiger partial charge < -0.3 is 5.11 Å². The monoisotopic (exact) mass is 232 g/mol. The summed E-state index contributed by atoms with van der Waals surface area (Å²) in [6.07, 6.45) is 5.54. The normalized spacial score (nSPS) is 16.9. The van der Waals surface area contributed by atoms with Crippen molar-refractivity contribution in [1.29, 1.82) is 0 Å². The van der Waals surface area contributed by atoms with Crippen LogP contribution in [0.25, 0.3) is 0 Å². The van der Waals surface area contributed by atoms with Crippen molar-refractivity contribution in [2.45, 2.75) is 59.0 Å². The molecule has 1 aromatic rings. The van der Waals surface area contributed by atoms with Crippen LogP contribution in [0.2, 0.25) is 0 Å². The summed E-state index contributed by atoms with van der Waals surface area (Å²) in [5.41, 5.74) is 4.70. The van der Waals surface area contributed by atoms with Gasteiger partial charge in [0.1, 0.15) is 0 Å². The Labute approximate surface area is 105 Å². The standard InChI is InChI=1S/C16H24O/c1-12(17)10-16(2,3)11-13-7-8-14-5-4-6-15(14)9-13/h7-9,12,17H,4-6,10-11H2,1-3H3. The topological polar surface area (TPSA) is 20.2 Å². The summed E-state index contributed by atoms with van der Waals surface area (Å²) in [4.78, 5) is 0. The molecule has 1 heteroatoms. The number of aliphatic hydroxyl groups excluding tert-OH is 1. The molecule has 0 aliphatic heterocycles. The van der Waals surface area contributed by atoms with Crippen molar-refractivity contribution in [2.75, 3.05) is 0 Å². The zero-order valence-electron chi connectivity index (χ0n) is 11.3. The maximum absolute atomic E-state index is 9.52. The van der Waals surface area contributed by atoms with E-state index in [0.717, 1.165) is 12.8 Å². The fraction of sp³-hybridized carbons (Fsp3) is 0.625. The van der Waals surface area contributed by atoms with Gasteiger partial charge in [-0.25, -0.2) is 0 Å². The van der Waals surface area contributed by atoms with Crippen molar-refractivity contribution >= 4 is 0 Å². The second kappa shape index (κ2) is 4.81. The fourth-order valence-corrected chi connectivity index (χ4v) is 3.16. The molecule has 0 spiro atoms. The van der Waals surface area contributed by atoms with Crippen molar-refractivity contribution in [1.82, 2.24) is 0 Å². The third kappa shape index (κ3) is 3.32. The number of aryl methyl sites for hydroxylation is 2. The van der Waals surface area contributed by atoms with E-state index in [1.54, 1.807) is 11.1 Å². The molecule has 2 rings (SSSR count). The third-order valence-electron chi connectivity index (χ3n) is 3.69. The number of hydrogen-bond acceptors (Lipinski definition) is 1. The van der Waals surface area contributed by atoms with Gasteiger partial charge in [-0.3, -0.25) is 0 Å². The Balaban J connectivity index is 2.08. The predicted molar refractivity (Wildman–Crippen MR) is 72.2 cm³/mol. The number of benzene rings is 1. The van der Waals surface area contributed by atoms with Gasteiger partial charge in [0.15, 0.2) is 0 Å². The van der Waals surface area contributed by atoms with E-state index in [0.29, 0.717) is 0 Å². The molecule has 1 aromatic carbocycles. The second-order valence-electron chi connectivity index (χ2n) is 6.35. The summed E-state index contributed by atoms with van der Waals surface area (Å²) in [7, 11) is 0. The Morgan fingerprint density at radius 3 is 2.65 bits per heavy atom. The summed E-state index contributed by atoms with van der Waals surface area (Å²) in [5, 5.41) is 9.52. The molecule has 1 aliphatic carbocycles. The highest BCUT2D eigenvalue weighted by Crippen LogP contribution is 2.30. The minimum atomic E-state index is -0.209. The first-order valence-electron chi connectivity index (χ1n) is 6.75. The van der Waals surface area contributed by atoms with Crippen LogP contribution in [-0.4, -0.2) is 11.2 Å². The first-order valence-corrected chi connectivity index (χ1v) is 6.75. The molecule has 94 valence electrons. The quantitative estimate of drug-likeness (QED) is 0.842. The Morgan fingerprint density at radius 1 is 1.24 bits per heavy atom. The van der Waals surface area contributed by atoms with E-state index >= 15 is 0 Å². The van der Waals surface area contributed by atoms with Gasteiger partial charge >= 0.3 is 0 Å². The average Bonchev–Trinajstić information content (AvgIpc) is 2.61. The summed E-state index contributed by atoms with van der Waals surface area (Å²) >= 11 is 0. The molecule has 0 bridgehead atoms. The van der Waals surface area contributed by atoms with E-state index in [9.17, 15) is 5.11 Å². The molecule has 17 heavy (non-hydrogen) atoms. The van der Waals surface area contributed by atoms with Crippen LogP contribution in [0.5, 0.6) is 0 Å². The Bertz CT molecular complexity index is 391. The maximum Gasteiger partial charge on any atom is 0.0517 e. The van der Waals surface area contributed by atoms with Crippen molar-refractivity contribution in [3.8, 4) is 0 Å². The molecule has 0 heterocycles. The molecule has 0 radical (unpaired) electrons. The van der Waals surface area contributed by atoms with Crippen molar-refractivity contribution < 1.29 is 5.11 Å². The SMILES string of the molecule is CC(O)CC(C)(C)Cc1ccc2c(c1)CCC2. The second-order valence-corrected chi connectivity index (χ2v) is 6.35. The van der Waals surface area contributed by atoms with Crippen LogP contribution in [0.3, 0.4) is 0 Å². The number of aliphatic hydroxyl groups is 1. The van der Waals surface area contributed by atoms with E-state index in [-0.39, 0.29) is 11.5 Å². The first-order chi connectivity index (χ1) is 7.96. The summed E-state index contributed by atoms with van der Waals surface area (Å²) < 4.78 is 0. The van der Waals surface area contributed by atoms with Gasteiger partial charge in [0.2, 0.25) is 0 Å². The van der Waals surface area contributed by atoms with Gasteiger partial charge in [0, 0.05) is 0 Å². The molecule has 0 amide bonds. The van der Waals surface area contributed by atoms with Gasteiger partial charge in [0.25, 0.3) is 0 Å². The van der Waals surface area contributed by atoms with Gasteiger partial charge in [0.05, 0.1) is 6.10 Å². The molecule has 1 aliphatic rings. The lowest BCUT2D eigenvalue weighted by Crippen LogP contribution is -2.21. The van der Waals surface area contributed by atoms with Crippen LogP contribution >= 0.6 is 0 Å². The van der Waals surface area contributed by atoms with Crippen molar-refractivity contribution in [3.05, 3.63) is 34.9 Å². The highest BCUT2D eigenvalue weighted by molar-refractivity contribution is 5.35. The molecule has 0 saturated heterocycles. The van der Waals surface area contributed by atoms with E-state index in [1.807, 2.05) is 6.92 Å². The molecule has 1 atom stereocenters. The van der Waals surface area contributed by atoms with Crippen LogP contribution in [0, 0.1) is 5.41 Å². The van der Waals surface area contributed by atoms with E-state index in [4.69, 9.17) is 0 Å². The Hall–Kier alpha value is -0.820. The minimum absolute atomic E-state index is 0.182. The predicted octanol–water partition coefficient (Wildman–Crippen LogP) is 3.51. The van der Waals surface area contributed by atoms with Gasteiger partial charge in [-0.05, 0) is 61.1 Å². The molecule has 0 saturated carbocycles. The van der Waals surface area contributed by atoms with Crippen molar-refractivity contribution in [2.24, 2.45) is 5.41 Å². The van der Waals surface area contributed by atoms with Gasteiger partial charge in [-0.1, -0.05) is 32.0 Å². The smallest absolute Gasteiger partial charge is 0.0517 e. The highest BCUT2D eigenvalue weighted by atomic mass is 16.3. The lowest BCUT2D eigenvalue weighted by Gasteiger charge is -2.26. The third-order valence-corrected chi connectivity index (χ3v) is 3.69. The fourth-order valence-electron chi connectivity index (χ4n) is 3.16. The zero-order chi connectivity index (χ0) is 12.5. The van der Waals surface area contributed by atoms with Crippen LogP contribution in [-0.2, 0) is 19.3 Å². The first kappa shape index (κ1) is 12.6. The summed E-state index contributed by atoms with van der Waals surface area (Å²) in [6, 6.07) is 6.95. The lowest BCUT2D eigenvalue weighted by molar-refractivity contribution is 0.129. The molecule has 0 fully saturated rings. The molecule has 0 aromatic heterocycles. The van der Waals surface area contributed by atoms with Crippen LogP contribution in [0.1, 0.15) is 50.3 Å². The number of fused-ring (bicyclic) bond motifs is 1. The van der Waals surface area contributed by atoms with Gasteiger partial charge in [-0.15, -0.1) is 0 Å². The summed E-state index contributed by atoms with van der Waals surface area (Å²) in [6.45, 7) is 6.37. The summed E-state index contributed by atoms with van der Waals surface area (Å²) in [5.74, 6) is 0. The highest BCUT2D eigenvalue weighted by Gasteiger charge is 2.21. The Morgan fingerprint density at radius 2 is 1.94 bits per heavy atom. The molecular formula is C16H24O. The van der Waals surface area contributed by atoms with Crippen LogP contribution in [0.4, 0.5) is 0 Å². The lowest BCUT2D eigenvalue weighted by atomic mass is 9.80. The molecule has 1 unspecified atom stereocenters. The van der Waals surface area contributed by atoms with E-state index < -0.39 is 0 Å². The number of hydrogen-bond donors (Lipinski definition) is 1. The Kier molecular flexibility index (Phi) is 3.58. The number of rotatable bonds is 4.